The number of carbonyl (C=O) groups excluding carboxylic acids is 3. The molecule has 0 aliphatic carbocycles. The van der Waals surface area contributed by atoms with Gasteiger partial charge in [-0.3, -0.25) is 14.4 Å². The van der Waals surface area contributed by atoms with Crippen molar-refractivity contribution in [2.24, 2.45) is 11.7 Å². The predicted octanol–water partition coefficient (Wildman–Crippen LogP) is -0.900. The fourth-order valence-electron chi connectivity index (χ4n) is 3.50. The van der Waals surface area contributed by atoms with E-state index in [2.05, 4.69) is 25.9 Å². The van der Waals surface area contributed by atoms with E-state index >= 15 is 0 Å². The summed E-state index contributed by atoms with van der Waals surface area (Å²) in [6.07, 6.45) is 3.56. The zero-order valence-electron chi connectivity index (χ0n) is 20.3. The molecule has 0 aliphatic rings. The number of hydrogen-bond acceptors (Lipinski definition) is 7. The lowest BCUT2D eigenvalue weighted by Crippen LogP contribution is -2.58. The minimum Gasteiger partial charge on any atom is -0.480 e. The highest BCUT2D eigenvalue weighted by atomic mass is 16.4. The number of nitrogens with one attached hydrogen (secondary N) is 4. The first kappa shape index (κ1) is 28.5. The quantitative estimate of drug-likeness (QED) is 0.172. The van der Waals surface area contributed by atoms with E-state index in [-0.39, 0.29) is 25.2 Å². The third-order valence-corrected chi connectivity index (χ3v) is 5.38. The van der Waals surface area contributed by atoms with Gasteiger partial charge in [-0.1, -0.05) is 44.2 Å². The van der Waals surface area contributed by atoms with Crippen LogP contribution < -0.4 is 21.7 Å². The van der Waals surface area contributed by atoms with Gasteiger partial charge in [0.1, 0.15) is 18.1 Å². The highest BCUT2D eigenvalue weighted by Gasteiger charge is 2.30. The molecule has 12 nitrogen and oxygen atoms in total. The second-order valence-corrected chi connectivity index (χ2v) is 8.91. The standard InChI is InChI=1S/C24H34N6O6/c1-14(2)8-18(28-21(32)17(25)10-16-11-26-13-27-16)22(33)29-19(9-15-6-4-3-5-7-15)23(34)30-20(12-31)24(35)36/h3-7,11,13-14,17-20,31H,8-10,12,25H2,1-2H3,(H,26,27)(H,28,32)(H,29,33)(H,30,34)(H,35,36). The number of aliphatic hydroxyl groups excluding tert-OH is 1. The number of aromatic amines is 1. The first-order valence-corrected chi connectivity index (χ1v) is 11.6. The molecule has 8 N–H and O–H groups in total. The van der Waals surface area contributed by atoms with Crippen LogP contribution in [0, 0.1) is 5.92 Å². The van der Waals surface area contributed by atoms with Gasteiger partial charge in [-0.15, -0.1) is 0 Å². The molecule has 0 saturated carbocycles. The number of rotatable bonds is 14. The zero-order valence-corrected chi connectivity index (χ0v) is 20.3. The Morgan fingerprint density at radius 3 is 2.11 bits per heavy atom. The van der Waals surface area contributed by atoms with E-state index < -0.39 is 54.5 Å². The van der Waals surface area contributed by atoms with E-state index in [4.69, 9.17) is 5.73 Å². The number of aliphatic hydroxyl groups is 1. The van der Waals surface area contributed by atoms with Crippen molar-refractivity contribution < 1.29 is 29.4 Å². The lowest BCUT2D eigenvalue weighted by atomic mass is 10.0. The number of carboxylic acid groups (broad SMARTS) is 1. The van der Waals surface area contributed by atoms with Crippen LogP contribution in [-0.4, -0.2) is 74.6 Å². The van der Waals surface area contributed by atoms with Crippen LogP contribution in [0.5, 0.6) is 0 Å². The van der Waals surface area contributed by atoms with Crippen molar-refractivity contribution in [1.82, 2.24) is 25.9 Å². The average Bonchev–Trinajstić information content (AvgIpc) is 3.34. The summed E-state index contributed by atoms with van der Waals surface area (Å²) >= 11 is 0. The third-order valence-electron chi connectivity index (χ3n) is 5.38. The number of aliphatic carboxylic acids is 1. The van der Waals surface area contributed by atoms with Gasteiger partial charge < -0.3 is 36.9 Å². The first-order chi connectivity index (χ1) is 17.1. The number of carbonyl (C=O) groups is 4. The molecule has 0 aliphatic heterocycles. The Kier molecular flexibility index (Phi) is 11.0. The van der Waals surface area contributed by atoms with Gasteiger partial charge in [-0.25, -0.2) is 9.78 Å². The van der Waals surface area contributed by atoms with Crippen molar-refractivity contribution in [2.75, 3.05) is 6.61 Å². The fourth-order valence-corrected chi connectivity index (χ4v) is 3.50. The number of imidazole rings is 1. The maximum atomic E-state index is 13.2. The molecule has 0 saturated heterocycles. The Hall–Kier alpha value is -3.77. The Balaban J connectivity index is 2.17. The summed E-state index contributed by atoms with van der Waals surface area (Å²) in [5, 5.41) is 26.0. The van der Waals surface area contributed by atoms with Gasteiger partial charge in [0.25, 0.3) is 0 Å². The van der Waals surface area contributed by atoms with Gasteiger partial charge in [0.05, 0.1) is 19.0 Å². The van der Waals surface area contributed by atoms with Gasteiger partial charge >= 0.3 is 5.97 Å². The Bertz CT molecular complexity index is 998. The highest BCUT2D eigenvalue weighted by Crippen LogP contribution is 2.09. The van der Waals surface area contributed by atoms with E-state index in [1.165, 1.54) is 6.33 Å². The minimum atomic E-state index is -1.53. The summed E-state index contributed by atoms with van der Waals surface area (Å²) in [7, 11) is 0. The van der Waals surface area contributed by atoms with E-state index in [0.29, 0.717) is 5.69 Å². The second-order valence-electron chi connectivity index (χ2n) is 8.91. The molecule has 2 rings (SSSR count). The first-order valence-electron chi connectivity index (χ1n) is 11.6. The SMILES string of the molecule is CC(C)CC(NC(=O)C(N)Cc1cnc[nH]1)C(=O)NC(Cc1ccccc1)C(=O)NC(CO)C(=O)O. The van der Waals surface area contributed by atoms with Gasteiger partial charge in [0.2, 0.25) is 17.7 Å². The highest BCUT2D eigenvalue weighted by molar-refractivity contribution is 5.94. The Morgan fingerprint density at radius 1 is 0.944 bits per heavy atom. The number of nitrogens with zero attached hydrogens (tertiary/aromatic N) is 1. The molecule has 1 aromatic heterocycles. The number of nitrogens with two attached hydrogens (primary N) is 1. The normalized spacial score (nSPS) is 14.4. The van der Waals surface area contributed by atoms with E-state index in [0.717, 1.165) is 5.56 Å². The van der Waals surface area contributed by atoms with Crippen LogP contribution in [0.2, 0.25) is 0 Å². The van der Waals surface area contributed by atoms with Crippen LogP contribution >= 0.6 is 0 Å². The molecule has 0 radical (unpaired) electrons. The molecule has 0 fully saturated rings. The summed E-state index contributed by atoms with van der Waals surface area (Å²) in [5.41, 5.74) is 7.39. The van der Waals surface area contributed by atoms with Crippen LogP contribution in [0.4, 0.5) is 0 Å². The molecule has 36 heavy (non-hydrogen) atoms. The molecule has 0 bridgehead atoms. The number of hydrogen-bond donors (Lipinski definition) is 7. The fraction of sp³-hybridized carbons (Fsp3) is 0.458. The van der Waals surface area contributed by atoms with Crippen molar-refractivity contribution in [3.8, 4) is 0 Å². The largest absolute Gasteiger partial charge is 0.480 e. The van der Waals surface area contributed by atoms with Gasteiger partial charge in [-0.2, -0.15) is 0 Å². The van der Waals surface area contributed by atoms with Crippen LogP contribution in [0.25, 0.3) is 0 Å². The lowest BCUT2D eigenvalue weighted by Gasteiger charge is -2.26. The summed E-state index contributed by atoms with van der Waals surface area (Å²) in [6, 6.07) is 4.25. The topological polar surface area (TPSA) is 200 Å². The molecule has 1 aromatic carbocycles. The average molecular weight is 503 g/mol. The minimum absolute atomic E-state index is 0.0251. The maximum Gasteiger partial charge on any atom is 0.328 e. The Labute approximate surface area is 209 Å². The molecule has 4 atom stereocenters. The smallest absolute Gasteiger partial charge is 0.328 e. The van der Waals surface area contributed by atoms with Crippen LogP contribution in [0.15, 0.2) is 42.9 Å². The van der Waals surface area contributed by atoms with E-state index in [9.17, 15) is 29.4 Å². The van der Waals surface area contributed by atoms with Crippen molar-refractivity contribution in [1.29, 1.82) is 0 Å². The number of carboxylic acids is 1. The monoisotopic (exact) mass is 502 g/mol. The summed E-state index contributed by atoms with van der Waals surface area (Å²) in [6.45, 7) is 2.95. The molecule has 1 heterocycles. The molecule has 0 spiro atoms. The van der Waals surface area contributed by atoms with E-state index in [1.807, 2.05) is 13.8 Å². The number of amides is 3. The summed E-state index contributed by atoms with van der Waals surface area (Å²) in [5.74, 6) is -3.32. The molecule has 196 valence electrons. The van der Waals surface area contributed by atoms with Crippen molar-refractivity contribution in [3.63, 3.8) is 0 Å². The molecular formula is C24H34N6O6. The number of benzene rings is 1. The van der Waals surface area contributed by atoms with E-state index in [1.54, 1.807) is 36.5 Å². The number of H-pyrrole nitrogens is 1. The number of aromatic nitrogens is 2. The van der Waals surface area contributed by atoms with Crippen molar-refractivity contribution >= 4 is 23.7 Å². The zero-order chi connectivity index (χ0) is 26.7. The molecule has 12 heteroatoms. The molecule has 4 unspecified atom stereocenters. The third kappa shape index (κ3) is 9.12. The van der Waals surface area contributed by atoms with Gasteiger partial charge in [-0.05, 0) is 17.9 Å². The second kappa shape index (κ2) is 14.0. The van der Waals surface area contributed by atoms with Crippen LogP contribution in [-0.2, 0) is 32.0 Å². The predicted molar refractivity (Wildman–Crippen MR) is 130 cm³/mol. The summed E-state index contributed by atoms with van der Waals surface area (Å²) < 4.78 is 0. The van der Waals surface area contributed by atoms with Gasteiger partial charge in [0.15, 0.2) is 0 Å². The van der Waals surface area contributed by atoms with Crippen LogP contribution in [0.3, 0.4) is 0 Å². The molecular weight excluding hydrogens is 468 g/mol. The van der Waals surface area contributed by atoms with Crippen molar-refractivity contribution in [3.05, 3.63) is 54.1 Å². The molecule has 2 aromatic rings. The lowest BCUT2D eigenvalue weighted by molar-refractivity contribution is -0.143. The van der Waals surface area contributed by atoms with Crippen LogP contribution in [0.1, 0.15) is 31.5 Å². The summed E-state index contributed by atoms with van der Waals surface area (Å²) in [4.78, 5) is 56.8. The Morgan fingerprint density at radius 2 is 1.56 bits per heavy atom. The maximum absolute atomic E-state index is 13.2. The van der Waals surface area contributed by atoms with Gasteiger partial charge in [0, 0.05) is 24.7 Å². The molecule has 3 amide bonds. The van der Waals surface area contributed by atoms with Crippen molar-refractivity contribution in [2.45, 2.75) is 57.3 Å².